The third-order valence-electron chi connectivity index (χ3n) is 2.07. The Kier molecular flexibility index (Phi) is 8.68. The van der Waals surface area contributed by atoms with Crippen LogP contribution in [0.4, 0.5) is 5.69 Å². The van der Waals surface area contributed by atoms with Crippen molar-refractivity contribution in [2.24, 2.45) is 0 Å². The molecule has 0 unspecified atom stereocenters. The molecule has 0 amide bonds. The van der Waals surface area contributed by atoms with Crippen LogP contribution >= 0.6 is 0 Å². The predicted octanol–water partition coefficient (Wildman–Crippen LogP) is 2.86. The summed E-state index contributed by atoms with van der Waals surface area (Å²) in [5.41, 5.74) is -0.0159. The molecule has 1 aromatic rings. The number of phenolic OH excluding ortho intramolecular Hbond substituents is 1. The fourth-order valence-corrected chi connectivity index (χ4v) is 1.11. The number of hydrogen-bond donors (Lipinski definition) is 2. The van der Waals surface area contributed by atoms with Crippen molar-refractivity contribution in [2.75, 3.05) is 6.61 Å². The number of nitro benzene ring substituents is 1. The van der Waals surface area contributed by atoms with Crippen LogP contribution in [0.5, 0.6) is 5.75 Å². The second kappa shape index (κ2) is 9.59. The van der Waals surface area contributed by atoms with Crippen LogP contribution in [0.3, 0.4) is 0 Å². The van der Waals surface area contributed by atoms with E-state index in [-0.39, 0.29) is 11.4 Å². The van der Waals surface area contributed by atoms with E-state index in [0.717, 1.165) is 6.42 Å². The zero-order valence-corrected chi connectivity index (χ0v) is 10.0. The number of nitrogens with zero attached hydrogens (tertiary/aromatic N) is 1. The third kappa shape index (κ3) is 8.21. The van der Waals surface area contributed by atoms with E-state index in [1.165, 1.54) is 43.5 Å². The lowest BCUT2D eigenvalue weighted by molar-refractivity contribution is -0.384. The topological polar surface area (TPSA) is 83.6 Å². The minimum Gasteiger partial charge on any atom is -0.508 e. The van der Waals surface area contributed by atoms with E-state index in [0.29, 0.717) is 6.61 Å². The molecule has 0 aliphatic heterocycles. The second-order valence-electron chi connectivity index (χ2n) is 3.56. The molecule has 0 saturated heterocycles. The number of phenols is 1. The molecule has 17 heavy (non-hydrogen) atoms. The van der Waals surface area contributed by atoms with Gasteiger partial charge in [0, 0.05) is 18.7 Å². The van der Waals surface area contributed by atoms with Crippen molar-refractivity contribution >= 4 is 5.69 Å². The van der Waals surface area contributed by atoms with E-state index in [2.05, 4.69) is 6.92 Å². The van der Waals surface area contributed by atoms with E-state index in [1.54, 1.807) is 0 Å². The van der Waals surface area contributed by atoms with Crippen LogP contribution in [-0.2, 0) is 0 Å². The van der Waals surface area contributed by atoms with E-state index in [4.69, 9.17) is 10.2 Å². The molecule has 0 bridgehead atoms. The Morgan fingerprint density at radius 2 is 1.76 bits per heavy atom. The number of rotatable bonds is 5. The van der Waals surface area contributed by atoms with Gasteiger partial charge in [-0.25, -0.2) is 0 Å². The summed E-state index contributed by atoms with van der Waals surface area (Å²) in [6.45, 7) is 2.53. The first-order valence-corrected chi connectivity index (χ1v) is 5.66. The van der Waals surface area contributed by atoms with Crippen molar-refractivity contribution in [3.05, 3.63) is 34.4 Å². The number of unbranched alkanes of at least 4 members (excludes halogenated alkanes) is 3. The van der Waals surface area contributed by atoms with Crippen molar-refractivity contribution in [3.8, 4) is 5.75 Å². The Morgan fingerprint density at radius 3 is 2.18 bits per heavy atom. The fourth-order valence-electron chi connectivity index (χ4n) is 1.11. The Labute approximate surface area is 101 Å². The third-order valence-corrected chi connectivity index (χ3v) is 2.07. The lowest BCUT2D eigenvalue weighted by Crippen LogP contribution is -1.85. The van der Waals surface area contributed by atoms with E-state index < -0.39 is 4.92 Å². The Hall–Kier alpha value is -1.62. The molecule has 0 aliphatic rings. The lowest BCUT2D eigenvalue weighted by Gasteiger charge is -1.90. The van der Waals surface area contributed by atoms with Gasteiger partial charge < -0.3 is 10.2 Å². The minimum absolute atomic E-state index is 0.0159. The standard InChI is InChI=1S/C6H5NO3.C6H14O/c8-6-3-1-5(2-4-6)7(9)10;1-2-3-4-5-6-7/h1-4,8H;7H,2-6H2,1H3. The predicted molar refractivity (Wildman–Crippen MR) is 66.0 cm³/mol. The first-order valence-electron chi connectivity index (χ1n) is 5.66. The molecule has 96 valence electrons. The second-order valence-corrected chi connectivity index (χ2v) is 3.56. The van der Waals surface area contributed by atoms with E-state index in [1.807, 2.05) is 0 Å². The molecule has 5 heteroatoms. The van der Waals surface area contributed by atoms with Crippen LogP contribution in [0.25, 0.3) is 0 Å². The van der Waals surface area contributed by atoms with Crippen LogP contribution < -0.4 is 0 Å². The van der Waals surface area contributed by atoms with Gasteiger partial charge >= 0.3 is 0 Å². The van der Waals surface area contributed by atoms with Gasteiger partial charge in [0.15, 0.2) is 0 Å². The van der Waals surface area contributed by atoms with Gasteiger partial charge in [-0.15, -0.1) is 0 Å². The Morgan fingerprint density at radius 1 is 1.18 bits per heavy atom. The number of hydrogen-bond acceptors (Lipinski definition) is 4. The number of nitro groups is 1. The van der Waals surface area contributed by atoms with Crippen LogP contribution in [0.2, 0.25) is 0 Å². The maximum atomic E-state index is 10.0. The molecule has 0 aliphatic carbocycles. The molecule has 0 saturated carbocycles. The number of aromatic hydroxyl groups is 1. The van der Waals surface area contributed by atoms with Crippen LogP contribution in [0.15, 0.2) is 24.3 Å². The largest absolute Gasteiger partial charge is 0.508 e. The Bertz CT molecular complexity index is 307. The molecule has 0 radical (unpaired) electrons. The van der Waals surface area contributed by atoms with Gasteiger partial charge in [-0.3, -0.25) is 10.1 Å². The van der Waals surface area contributed by atoms with Gasteiger partial charge in [0.25, 0.3) is 5.69 Å². The number of non-ortho nitro benzene ring substituents is 1. The highest BCUT2D eigenvalue weighted by Crippen LogP contribution is 2.14. The number of benzene rings is 1. The summed E-state index contributed by atoms with van der Waals surface area (Å²) in [5.74, 6) is 0.0330. The summed E-state index contributed by atoms with van der Waals surface area (Å²) in [6.07, 6.45) is 4.68. The molecule has 0 spiro atoms. The van der Waals surface area contributed by atoms with Crippen molar-refractivity contribution in [2.45, 2.75) is 32.6 Å². The van der Waals surface area contributed by atoms with Crippen molar-refractivity contribution in [3.63, 3.8) is 0 Å². The highest BCUT2D eigenvalue weighted by Gasteiger charge is 2.01. The summed E-state index contributed by atoms with van der Waals surface area (Å²) in [7, 11) is 0. The quantitative estimate of drug-likeness (QED) is 0.471. The van der Waals surface area contributed by atoms with Crippen LogP contribution in [0, 0.1) is 10.1 Å². The lowest BCUT2D eigenvalue weighted by atomic mass is 10.2. The molecule has 2 N–H and O–H groups in total. The molecule has 0 heterocycles. The maximum Gasteiger partial charge on any atom is 0.269 e. The molecule has 0 atom stereocenters. The highest BCUT2D eigenvalue weighted by molar-refractivity contribution is 5.34. The Balaban J connectivity index is 0.000000325. The SMILES string of the molecule is CCCCCCO.O=[N+]([O-])c1ccc(O)cc1. The van der Waals surface area contributed by atoms with Gasteiger partial charge in [0.05, 0.1) is 4.92 Å². The zero-order valence-electron chi connectivity index (χ0n) is 10.0. The first-order chi connectivity index (χ1) is 8.11. The number of aliphatic hydroxyl groups is 1. The van der Waals surface area contributed by atoms with Crippen molar-refractivity contribution < 1.29 is 15.1 Å². The van der Waals surface area contributed by atoms with Gasteiger partial charge in [-0.05, 0) is 18.6 Å². The zero-order chi connectivity index (χ0) is 13.1. The van der Waals surface area contributed by atoms with E-state index in [9.17, 15) is 10.1 Å². The van der Waals surface area contributed by atoms with Crippen LogP contribution in [-0.4, -0.2) is 21.7 Å². The maximum absolute atomic E-state index is 10.0. The average Bonchev–Trinajstić information content (AvgIpc) is 2.31. The highest BCUT2D eigenvalue weighted by atomic mass is 16.6. The normalized spacial score (nSPS) is 9.29. The first kappa shape index (κ1) is 15.4. The molecular weight excluding hydrogens is 222 g/mol. The number of aliphatic hydroxyl groups excluding tert-OH is 1. The molecular formula is C12H19NO4. The van der Waals surface area contributed by atoms with E-state index >= 15 is 0 Å². The average molecular weight is 241 g/mol. The minimum atomic E-state index is -0.514. The molecule has 0 fully saturated rings. The molecule has 0 aromatic heterocycles. The summed E-state index contributed by atoms with van der Waals surface area (Å²) >= 11 is 0. The smallest absolute Gasteiger partial charge is 0.269 e. The van der Waals surface area contributed by atoms with Crippen LogP contribution in [0.1, 0.15) is 32.6 Å². The summed E-state index contributed by atoms with van der Waals surface area (Å²) < 4.78 is 0. The van der Waals surface area contributed by atoms with Crippen molar-refractivity contribution in [1.82, 2.24) is 0 Å². The molecule has 1 aromatic carbocycles. The van der Waals surface area contributed by atoms with Gasteiger partial charge in [-0.1, -0.05) is 26.2 Å². The fraction of sp³-hybridized carbons (Fsp3) is 0.500. The summed E-state index contributed by atoms with van der Waals surface area (Å²) in [6, 6.07) is 5.04. The van der Waals surface area contributed by atoms with Gasteiger partial charge in [0.1, 0.15) is 5.75 Å². The summed E-state index contributed by atoms with van der Waals surface area (Å²) in [4.78, 5) is 9.52. The molecule has 1 rings (SSSR count). The van der Waals surface area contributed by atoms with Gasteiger partial charge in [0.2, 0.25) is 0 Å². The molecule has 5 nitrogen and oxygen atoms in total. The van der Waals surface area contributed by atoms with Crippen molar-refractivity contribution in [1.29, 1.82) is 0 Å². The monoisotopic (exact) mass is 241 g/mol. The van der Waals surface area contributed by atoms with Gasteiger partial charge in [-0.2, -0.15) is 0 Å². The summed E-state index contributed by atoms with van der Waals surface area (Å²) in [5, 5.41) is 27.0.